The van der Waals surface area contributed by atoms with E-state index in [0.29, 0.717) is 26.2 Å². The van der Waals surface area contributed by atoms with Crippen LogP contribution in [0.5, 0.6) is 0 Å². The SMILES string of the molecule is O=C(CC1(O)CCCCC1)N1CCN(c2ccc([N+](=O)[O-])cc2)CC1. The number of anilines is 1. The number of carbonyl (C=O) groups excluding carboxylic acids is 1. The van der Waals surface area contributed by atoms with Crippen LogP contribution in [0.3, 0.4) is 0 Å². The average molecular weight is 347 g/mol. The fourth-order valence-corrected chi connectivity index (χ4v) is 3.78. The Labute approximate surface area is 147 Å². The molecule has 2 aliphatic rings. The van der Waals surface area contributed by atoms with Crippen LogP contribution in [0, 0.1) is 10.1 Å². The maximum atomic E-state index is 12.5. The van der Waals surface area contributed by atoms with Crippen LogP contribution >= 0.6 is 0 Å². The monoisotopic (exact) mass is 347 g/mol. The number of nitrogens with zero attached hydrogens (tertiary/aromatic N) is 3. The van der Waals surface area contributed by atoms with Gasteiger partial charge in [-0.15, -0.1) is 0 Å². The molecule has 0 radical (unpaired) electrons. The summed E-state index contributed by atoms with van der Waals surface area (Å²) >= 11 is 0. The highest BCUT2D eigenvalue weighted by molar-refractivity contribution is 5.77. The van der Waals surface area contributed by atoms with Crippen LogP contribution in [0.4, 0.5) is 11.4 Å². The Hall–Kier alpha value is -2.15. The van der Waals surface area contributed by atoms with Gasteiger partial charge in [-0.1, -0.05) is 19.3 Å². The molecule has 1 aliphatic heterocycles. The van der Waals surface area contributed by atoms with Crippen LogP contribution in [0.25, 0.3) is 0 Å². The highest BCUT2D eigenvalue weighted by Crippen LogP contribution is 2.31. The summed E-state index contributed by atoms with van der Waals surface area (Å²) < 4.78 is 0. The zero-order valence-electron chi connectivity index (χ0n) is 14.4. The Morgan fingerprint density at radius 3 is 2.24 bits per heavy atom. The quantitative estimate of drug-likeness (QED) is 0.667. The van der Waals surface area contributed by atoms with Gasteiger partial charge in [0.15, 0.2) is 0 Å². The summed E-state index contributed by atoms with van der Waals surface area (Å²) in [6.45, 7) is 2.63. The third kappa shape index (κ3) is 4.28. The van der Waals surface area contributed by atoms with E-state index < -0.39 is 10.5 Å². The van der Waals surface area contributed by atoms with Gasteiger partial charge in [0.1, 0.15) is 0 Å². The molecule has 0 unspecified atom stereocenters. The van der Waals surface area contributed by atoms with Crippen molar-refractivity contribution in [2.45, 2.75) is 44.1 Å². The molecule has 1 saturated carbocycles. The molecule has 25 heavy (non-hydrogen) atoms. The van der Waals surface area contributed by atoms with E-state index in [0.717, 1.165) is 37.8 Å². The van der Waals surface area contributed by atoms with E-state index in [4.69, 9.17) is 0 Å². The van der Waals surface area contributed by atoms with Crippen LogP contribution in [0.1, 0.15) is 38.5 Å². The molecule has 1 N–H and O–H groups in total. The largest absolute Gasteiger partial charge is 0.389 e. The molecule has 1 aliphatic carbocycles. The first-order valence-corrected chi connectivity index (χ1v) is 8.96. The van der Waals surface area contributed by atoms with Crippen molar-refractivity contribution in [2.75, 3.05) is 31.1 Å². The third-order valence-electron chi connectivity index (χ3n) is 5.32. The molecule has 136 valence electrons. The van der Waals surface area contributed by atoms with Gasteiger partial charge in [-0.3, -0.25) is 14.9 Å². The van der Waals surface area contributed by atoms with Crippen LogP contribution < -0.4 is 4.90 Å². The lowest BCUT2D eigenvalue weighted by molar-refractivity contribution is -0.384. The maximum absolute atomic E-state index is 12.5. The Morgan fingerprint density at radius 1 is 1.08 bits per heavy atom. The number of non-ortho nitro benzene ring substituents is 1. The van der Waals surface area contributed by atoms with E-state index in [-0.39, 0.29) is 18.0 Å². The number of hydrogen-bond acceptors (Lipinski definition) is 5. The van der Waals surface area contributed by atoms with Crippen molar-refractivity contribution in [3.05, 3.63) is 34.4 Å². The van der Waals surface area contributed by atoms with E-state index in [1.54, 1.807) is 12.1 Å². The first-order valence-electron chi connectivity index (χ1n) is 8.96. The summed E-state index contributed by atoms with van der Waals surface area (Å²) in [6.07, 6.45) is 4.81. The first-order chi connectivity index (χ1) is 12.0. The van der Waals surface area contributed by atoms with Gasteiger partial charge in [0.2, 0.25) is 5.91 Å². The number of carbonyl (C=O) groups is 1. The van der Waals surface area contributed by atoms with Gasteiger partial charge in [-0.05, 0) is 25.0 Å². The topological polar surface area (TPSA) is 86.9 Å². The number of aliphatic hydroxyl groups is 1. The minimum atomic E-state index is -0.815. The van der Waals surface area contributed by atoms with Crippen LogP contribution in [0.15, 0.2) is 24.3 Å². The molecular weight excluding hydrogens is 322 g/mol. The smallest absolute Gasteiger partial charge is 0.269 e. The lowest BCUT2D eigenvalue weighted by Crippen LogP contribution is -2.50. The third-order valence-corrected chi connectivity index (χ3v) is 5.32. The van der Waals surface area contributed by atoms with Crippen molar-refractivity contribution in [1.29, 1.82) is 0 Å². The summed E-state index contributed by atoms with van der Waals surface area (Å²) in [4.78, 5) is 26.8. The molecule has 0 aromatic heterocycles. The predicted molar refractivity (Wildman–Crippen MR) is 94.5 cm³/mol. The molecule has 2 fully saturated rings. The lowest BCUT2D eigenvalue weighted by atomic mass is 9.82. The van der Waals surface area contributed by atoms with Gasteiger partial charge in [-0.25, -0.2) is 0 Å². The van der Waals surface area contributed by atoms with Crippen molar-refractivity contribution in [3.63, 3.8) is 0 Å². The van der Waals surface area contributed by atoms with E-state index in [9.17, 15) is 20.0 Å². The number of amides is 1. The summed E-state index contributed by atoms with van der Waals surface area (Å²) in [5.41, 5.74) is 0.201. The molecule has 7 nitrogen and oxygen atoms in total. The number of nitro groups is 1. The number of piperazine rings is 1. The van der Waals surface area contributed by atoms with Crippen molar-refractivity contribution in [1.82, 2.24) is 4.90 Å². The Morgan fingerprint density at radius 2 is 1.68 bits per heavy atom. The van der Waals surface area contributed by atoms with Gasteiger partial charge < -0.3 is 14.9 Å². The highest BCUT2D eigenvalue weighted by atomic mass is 16.6. The van der Waals surface area contributed by atoms with Crippen LogP contribution in [-0.4, -0.2) is 52.6 Å². The van der Waals surface area contributed by atoms with Gasteiger partial charge in [-0.2, -0.15) is 0 Å². The van der Waals surface area contributed by atoms with E-state index in [2.05, 4.69) is 4.90 Å². The van der Waals surface area contributed by atoms with Crippen LogP contribution in [0.2, 0.25) is 0 Å². The summed E-state index contributed by atoms with van der Waals surface area (Å²) in [5.74, 6) is 0.0350. The molecule has 0 atom stereocenters. The number of nitro benzene ring substituents is 1. The Balaban J connectivity index is 1.52. The minimum Gasteiger partial charge on any atom is -0.389 e. The molecule has 1 aromatic carbocycles. The van der Waals surface area contributed by atoms with E-state index in [1.165, 1.54) is 12.1 Å². The predicted octanol–water partition coefficient (Wildman–Crippen LogP) is 2.33. The van der Waals surface area contributed by atoms with Crippen LogP contribution in [-0.2, 0) is 4.79 Å². The number of rotatable bonds is 4. The van der Waals surface area contributed by atoms with E-state index >= 15 is 0 Å². The molecule has 1 saturated heterocycles. The normalized spacial score (nSPS) is 20.4. The second kappa shape index (κ2) is 7.39. The second-order valence-electron chi connectivity index (χ2n) is 7.10. The molecule has 1 amide bonds. The first kappa shape index (κ1) is 17.7. The molecule has 0 bridgehead atoms. The molecule has 3 rings (SSSR count). The molecule has 0 spiro atoms. The summed E-state index contributed by atoms with van der Waals surface area (Å²) in [6, 6.07) is 6.51. The molecule has 1 aromatic rings. The standard InChI is InChI=1S/C18H25N3O4/c22-17(14-18(23)8-2-1-3-9-18)20-12-10-19(11-13-20)15-4-6-16(7-5-15)21(24)25/h4-7,23H,1-3,8-14H2. The average Bonchev–Trinajstić information content (AvgIpc) is 2.62. The second-order valence-corrected chi connectivity index (χ2v) is 7.10. The lowest BCUT2D eigenvalue weighted by Gasteiger charge is -2.38. The maximum Gasteiger partial charge on any atom is 0.269 e. The number of hydrogen-bond donors (Lipinski definition) is 1. The van der Waals surface area contributed by atoms with Crippen molar-refractivity contribution >= 4 is 17.3 Å². The Bertz CT molecular complexity index is 618. The van der Waals surface area contributed by atoms with Crippen molar-refractivity contribution in [2.24, 2.45) is 0 Å². The van der Waals surface area contributed by atoms with Gasteiger partial charge >= 0.3 is 0 Å². The molecule has 7 heteroatoms. The van der Waals surface area contributed by atoms with Crippen molar-refractivity contribution in [3.8, 4) is 0 Å². The number of benzene rings is 1. The molecular formula is C18H25N3O4. The van der Waals surface area contributed by atoms with Gasteiger partial charge in [0, 0.05) is 44.0 Å². The fourth-order valence-electron chi connectivity index (χ4n) is 3.78. The zero-order valence-corrected chi connectivity index (χ0v) is 14.4. The van der Waals surface area contributed by atoms with E-state index in [1.807, 2.05) is 4.90 Å². The Kier molecular flexibility index (Phi) is 5.22. The summed E-state index contributed by atoms with van der Waals surface area (Å²) in [5, 5.41) is 21.3. The minimum absolute atomic E-state index is 0.0350. The van der Waals surface area contributed by atoms with Gasteiger partial charge in [0.05, 0.1) is 16.9 Å². The zero-order chi connectivity index (χ0) is 17.9. The highest BCUT2D eigenvalue weighted by Gasteiger charge is 2.34. The van der Waals surface area contributed by atoms with Gasteiger partial charge in [0.25, 0.3) is 5.69 Å². The summed E-state index contributed by atoms with van der Waals surface area (Å²) in [7, 11) is 0. The molecule has 1 heterocycles. The fraction of sp³-hybridized carbons (Fsp3) is 0.611. The van der Waals surface area contributed by atoms with Crippen molar-refractivity contribution < 1.29 is 14.8 Å².